The number of pyridine rings is 2. The van der Waals surface area contributed by atoms with Crippen LogP contribution in [-0.4, -0.2) is 28.7 Å². The van der Waals surface area contributed by atoms with Crippen LogP contribution in [0, 0.1) is 34.9 Å². The number of nitrogens with zero attached hydrogens (tertiary/aromatic N) is 6. The molecule has 4 aromatic heterocycles. The molecule has 6 rings (SSSR count). The molecule has 0 atom stereocenters. The van der Waals surface area contributed by atoms with Crippen molar-refractivity contribution in [3.63, 3.8) is 0 Å². The molecule has 0 amide bonds. The lowest BCUT2D eigenvalue weighted by atomic mass is 10.1. The van der Waals surface area contributed by atoms with E-state index in [-0.39, 0.29) is 35.2 Å². The summed E-state index contributed by atoms with van der Waals surface area (Å²) in [5, 5.41) is 8.03. The van der Waals surface area contributed by atoms with Crippen LogP contribution in [0.1, 0.15) is 13.8 Å². The zero-order valence-corrected chi connectivity index (χ0v) is 29.1. The normalized spacial score (nSPS) is 11.1. The lowest BCUT2D eigenvalue weighted by molar-refractivity contribution is 0.543. The van der Waals surface area contributed by atoms with Crippen molar-refractivity contribution in [1.82, 2.24) is 28.7 Å². The van der Waals surface area contributed by atoms with Gasteiger partial charge in [0.1, 0.15) is 39.9 Å². The van der Waals surface area contributed by atoms with Gasteiger partial charge in [-0.2, -0.15) is 10.2 Å². The van der Waals surface area contributed by atoms with Crippen LogP contribution in [0.2, 0.25) is 5.02 Å². The molecule has 0 aliphatic rings. The second kappa shape index (κ2) is 14.6. The van der Waals surface area contributed by atoms with Crippen molar-refractivity contribution in [2.24, 2.45) is 0 Å². The zero-order valence-electron chi connectivity index (χ0n) is 25.2. The Morgan fingerprint density at radius 3 is 1.49 bits per heavy atom. The number of halogens is 9. The minimum atomic E-state index is -1.13. The monoisotopic (exact) mass is 828 g/mol. The maximum atomic E-state index is 14.4. The van der Waals surface area contributed by atoms with E-state index in [1.54, 1.807) is 26.2 Å². The Morgan fingerprint density at radius 1 is 0.653 bits per heavy atom. The summed E-state index contributed by atoms with van der Waals surface area (Å²) in [7, 11) is 0. The third-order valence-corrected chi connectivity index (χ3v) is 8.19. The van der Waals surface area contributed by atoms with Gasteiger partial charge in [-0.3, -0.25) is 9.59 Å². The minimum absolute atomic E-state index is 0.00407. The van der Waals surface area contributed by atoms with E-state index in [1.807, 2.05) is 0 Å². The van der Waals surface area contributed by atoms with Crippen LogP contribution in [0.15, 0.2) is 85.8 Å². The van der Waals surface area contributed by atoms with Crippen molar-refractivity contribution in [1.29, 1.82) is 0 Å². The molecule has 6 aromatic rings. The van der Waals surface area contributed by atoms with E-state index in [1.165, 1.54) is 44.5 Å². The Morgan fingerprint density at radius 2 is 1.08 bits per heavy atom. The van der Waals surface area contributed by atoms with Crippen LogP contribution in [0.25, 0.3) is 33.9 Å². The first-order chi connectivity index (χ1) is 23.2. The van der Waals surface area contributed by atoms with Gasteiger partial charge in [-0.15, -0.1) is 0 Å². The quantitative estimate of drug-likeness (QED) is 0.158. The molecule has 0 saturated heterocycles. The molecule has 0 aliphatic carbocycles. The van der Waals surface area contributed by atoms with E-state index >= 15 is 0 Å². The van der Waals surface area contributed by atoms with Gasteiger partial charge in [0.25, 0.3) is 11.1 Å². The maximum absolute atomic E-state index is 14.4. The molecule has 17 heteroatoms. The Hall–Kier alpha value is -4.41. The molecule has 0 fully saturated rings. The van der Waals surface area contributed by atoms with Gasteiger partial charge >= 0.3 is 0 Å². The zero-order chi connectivity index (χ0) is 35.7. The van der Waals surface area contributed by atoms with E-state index in [2.05, 4.69) is 42.1 Å². The van der Waals surface area contributed by atoms with Crippen molar-refractivity contribution < 1.29 is 26.3 Å². The van der Waals surface area contributed by atoms with Gasteiger partial charge in [-0.05, 0) is 57.8 Å². The lowest BCUT2D eigenvalue weighted by Crippen LogP contribution is -2.24. The van der Waals surface area contributed by atoms with Crippen LogP contribution >= 0.6 is 43.5 Å². The van der Waals surface area contributed by atoms with Crippen molar-refractivity contribution in [2.75, 3.05) is 0 Å². The molecular formula is C32H21Br2ClF6N6O2. The van der Waals surface area contributed by atoms with E-state index in [0.29, 0.717) is 38.9 Å². The first kappa shape index (κ1) is 35.9. The number of hydrogen-bond acceptors (Lipinski definition) is 4. The van der Waals surface area contributed by atoms with E-state index < -0.39 is 57.1 Å². The molecule has 0 N–H and O–H groups in total. The molecule has 0 spiro atoms. The third kappa shape index (κ3) is 7.16. The molecule has 2 aromatic carbocycles. The van der Waals surface area contributed by atoms with Crippen molar-refractivity contribution in [2.45, 2.75) is 26.9 Å². The molecule has 49 heavy (non-hydrogen) atoms. The molecule has 0 saturated carbocycles. The van der Waals surface area contributed by atoms with Crippen molar-refractivity contribution >= 4 is 43.5 Å². The summed E-state index contributed by atoms with van der Waals surface area (Å²) in [5.74, 6) is -6.52. The van der Waals surface area contributed by atoms with Crippen LogP contribution in [0.5, 0.6) is 0 Å². The fraction of sp³-hybridized carbons (Fsp3) is 0.125. The summed E-state index contributed by atoms with van der Waals surface area (Å²) in [4.78, 5) is 24.5. The largest absolute Gasteiger partial charge is 0.306 e. The van der Waals surface area contributed by atoms with Crippen LogP contribution in [0.4, 0.5) is 26.3 Å². The summed E-state index contributed by atoms with van der Waals surface area (Å²) in [6.45, 7) is 3.58. The SMILES string of the molecule is CCn1c(-c2c(F)cc(F)cc2F)c(-n2cc(Br)cn2)cc(Cl)c1=O.CCn1c(-c2c(F)cc(F)cc2F)c(-n2cc(Br)cn2)ccc1=O. The second-order valence-corrected chi connectivity index (χ2v) is 12.4. The average molecular weight is 831 g/mol. The number of rotatable bonds is 6. The van der Waals surface area contributed by atoms with Crippen LogP contribution < -0.4 is 11.1 Å². The van der Waals surface area contributed by atoms with Gasteiger partial charge in [0.15, 0.2) is 0 Å². The Labute approximate surface area is 295 Å². The number of aromatic nitrogens is 6. The van der Waals surface area contributed by atoms with E-state index in [0.717, 1.165) is 4.57 Å². The molecule has 0 unspecified atom stereocenters. The lowest BCUT2D eigenvalue weighted by Gasteiger charge is -2.18. The van der Waals surface area contributed by atoms with Gasteiger partial charge in [-0.25, -0.2) is 35.7 Å². The van der Waals surface area contributed by atoms with E-state index in [4.69, 9.17) is 11.6 Å². The van der Waals surface area contributed by atoms with Gasteiger partial charge in [0, 0.05) is 55.8 Å². The molecule has 254 valence electrons. The van der Waals surface area contributed by atoms with Gasteiger partial charge < -0.3 is 9.13 Å². The fourth-order valence-corrected chi connectivity index (χ4v) is 5.87. The minimum Gasteiger partial charge on any atom is -0.306 e. The Balaban J connectivity index is 0.000000191. The summed E-state index contributed by atoms with van der Waals surface area (Å²) in [6.07, 6.45) is 6.10. The molecule has 4 heterocycles. The van der Waals surface area contributed by atoms with Gasteiger partial charge in [0.2, 0.25) is 0 Å². The summed E-state index contributed by atoms with van der Waals surface area (Å²) in [6, 6.07) is 6.26. The van der Waals surface area contributed by atoms with Gasteiger partial charge in [0.05, 0.1) is 55.2 Å². The molecule has 8 nitrogen and oxygen atoms in total. The van der Waals surface area contributed by atoms with Crippen molar-refractivity contribution in [3.05, 3.63) is 137 Å². The number of hydrogen-bond donors (Lipinski definition) is 0. The predicted molar refractivity (Wildman–Crippen MR) is 178 cm³/mol. The average Bonchev–Trinajstić information content (AvgIpc) is 3.66. The highest BCUT2D eigenvalue weighted by Gasteiger charge is 2.24. The first-order valence-corrected chi connectivity index (χ1v) is 16.1. The summed E-state index contributed by atoms with van der Waals surface area (Å²) in [5.41, 5.74) is -1.65. The standard InChI is InChI=1S/C16H10BrClF3N3O.C16H11BrF3N3O/c1-2-23-15(14-11(20)3-9(19)4-12(14)21)13(5-10(18)16(23)25)24-7-8(17)6-22-24;1-2-22-14(24)4-3-13(23-8-9(17)7-21-23)16(22)15-11(19)5-10(18)6-12(15)20/h3-7H,2H2,1H3;3-8H,2H2,1H3. The summed E-state index contributed by atoms with van der Waals surface area (Å²) < 4.78 is 90.2. The predicted octanol–water partition coefficient (Wildman–Crippen LogP) is 8.45. The molecule has 0 aliphatic heterocycles. The maximum Gasteiger partial charge on any atom is 0.269 e. The topological polar surface area (TPSA) is 79.6 Å². The van der Waals surface area contributed by atoms with Crippen molar-refractivity contribution in [3.8, 4) is 33.9 Å². The first-order valence-electron chi connectivity index (χ1n) is 14.1. The highest BCUT2D eigenvalue weighted by atomic mass is 79.9. The highest BCUT2D eigenvalue weighted by Crippen LogP contribution is 2.34. The smallest absolute Gasteiger partial charge is 0.269 e. The molecule has 0 radical (unpaired) electrons. The second-order valence-electron chi connectivity index (χ2n) is 10.1. The fourth-order valence-electron chi connectivity index (χ4n) is 5.09. The Bertz CT molecular complexity index is 2290. The highest BCUT2D eigenvalue weighted by molar-refractivity contribution is 9.10. The third-order valence-electron chi connectivity index (χ3n) is 7.10. The molecular weight excluding hydrogens is 810 g/mol. The van der Waals surface area contributed by atoms with Gasteiger partial charge in [-0.1, -0.05) is 11.6 Å². The summed E-state index contributed by atoms with van der Waals surface area (Å²) >= 11 is 12.5. The number of benzene rings is 2. The Kier molecular flexibility index (Phi) is 10.7. The molecule has 0 bridgehead atoms. The van der Waals surface area contributed by atoms with E-state index in [9.17, 15) is 35.9 Å². The van der Waals surface area contributed by atoms with Crippen LogP contribution in [-0.2, 0) is 13.1 Å². The van der Waals surface area contributed by atoms with Crippen LogP contribution in [0.3, 0.4) is 0 Å².